The number of halogens is 2. The van der Waals surface area contributed by atoms with Crippen molar-refractivity contribution < 1.29 is 4.79 Å². The van der Waals surface area contributed by atoms with Gasteiger partial charge >= 0.3 is 0 Å². The van der Waals surface area contributed by atoms with Crippen LogP contribution >= 0.6 is 24.8 Å². The average Bonchev–Trinajstić information content (AvgIpc) is 2.78. The first-order valence-electron chi connectivity index (χ1n) is 6.94. The molecule has 6 heteroatoms. The van der Waals surface area contributed by atoms with Crippen molar-refractivity contribution in [2.45, 2.75) is 32.4 Å². The molecule has 120 valence electrons. The van der Waals surface area contributed by atoms with Crippen LogP contribution in [0.3, 0.4) is 0 Å². The number of carbonyl (C=O) groups is 1. The smallest absolute Gasteiger partial charge is 0.217 e. The largest absolute Gasteiger partial charge is 0.352 e. The number of nitrogens with zero attached hydrogens (tertiary/aromatic N) is 1. The molecule has 4 nitrogen and oxygen atoms in total. The van der Waals surface area contributed by atoms with E-state index < -0.39 is 0 Å². The Morgan fingerprint density at radius 1 is 1.29 bits per heavy atom. The van der Waals surface area contributed by atoms with E-state index >= 15 is 0 Å². The zero-order chi connectivity index (χ0) is 13.7. The molecular weight excluding hydrogens is 309 g/mol. The Hall–Kier alpha value is -0.810. The lowest BCUT2D eigenvalue weighted by atomic mass is 10.1. The zero-order valence-electron chi connectivity index (χ0n) is 12.4. The Bertz CT molecular complexity index is 425. The van der Waals surface area contributed by atoms with Crippen LogP contribution in [0.25, 0.3) is 0 Å². The maximum absolute atomic E-state index is 11.0. The highest BCUT2D eigenvalue weighted by Gasteiger charge is 2.22. The average molecular weight is 334 g/mol. The van der Waals surface area contributed by atoms with Crippen molar-refractivity contribution in [2.75, 3.05) is 19.6 Å². The van der Waals surface area contributed by atoms with Crippen molar-refractivity contribution in [1.29, 1.82) is 0 Å². The van der Waals surface area contributed by atoms with Gasteiger partial charge in [0.05, 0.1) is 0 Å². The quantitative estimate of drug-likeness (QED) is 0.862. The topological polar surface area (TPSA) is 58.4 Å². The summed E-state index contributed by atoms with van der Waals surface area (Å²) in [4.78, 5) is 13.4. The molecule has 0 radical (unpaired) electrons. The fourth-order valence-corrected chi connectivity index (χ4v) is 2.62. The highest BCUT2D eigenvalue weighted by Crippen LogP contribution is 2.14. The molecule has 3 N–H and O–H groups in total. The first-order valence-corrected chi connectivity index (χ1v) is 6.94. The molecule has 2 rings (SSSR count). The Labute approximate surface area is 139 Å². The maximum Gasteiger partial charge on any atom is 0.217 e. The van der Waals surface area contributed by atoms with E-state index in [1.807, 2.05) is 0 Å². The van der Waals surface area contributed by atoms with Crippen LogP contribution in [0.1, 0.15) is 24.5 Å². The van der Waals surface area contributed by atoms with E-state index in [0.29, 0.717) is 12.6 Å². The molecule has 1 heterocycles. The number of likely N-dealkylation sites (tertiary alicyclic amines) is 1. The second-order valence-corrected chi connectivity index (χ2v) is 5.28. The predicted molar refractivity (Wildman–Crippen MR) is 91.2 cm³/mol. The Balaban J connectivity index is 0.00000200. The van der Waals surface area contributed by atoms with Gasteiger partial charge in [0.2, 0.25) is 5.91 Å². The summed E-state index contributed by atoms with van der Waals surface area (Å²) in [7, 11) is 0. The Kier molecular flexibility index (Phi) is 9.62. The molecule has 1 amide bonds. The van der Waals surface area contributed by atoms with Crippen molar-refractivity contribution >= 4 is 30.7 Å². The van der Waals surface area contributed by atoms with Gasteiger partial charge in [-0.2, -0.15) is 0 Å². The minimum atomic E-state index is 0. The lowest BCUT2D eigenvalue weighted by Crippen LogP contribution is -2.35. The molecule has 0 spiro atoms. The number of hydrogen-bond acceptors (Lipinski definition) is 3. The van der Waals surface area contributed by atoms with Gasteiger partial charge in [-0.3, -0.25) is 9.69 Å². The predicted octanol–water partition coefficient (Wildman–Crippen LogP) is 1.74. The Morgan fingerprint density at radius 3 is 2.48 bits per heavy atom. The van der Waals surface area contributed by atoms with E-state index in [0.717, 1.165) is 32.5 Å². The lowest BCUT2D eigenvalue weighted by Gasteiger charge is -2.16. The summed E-state index contributed by atoms with van der Waals surface area (Å²) >= 11 is 0. The third kappa shape index (κ3) is 6.66. The summed E-state index contributed by atoms with van der Waals surface area (Å²) in [6.45, 7) is 5.24. The van der Waals surface area contributed by atoms with Gasteiger partial charge in [0.25, 0.3) is 0 Å². The van der Waals surface area contributed by atoms with E-state index in [1.54, 1.807) is 6.92 Å². The van der Waals surface area contributed by atoms with Gasteiger partial charge in [0.1, 0.15) is 0 Å². The summed E-state index contributed by atoms with van der Waals surface area (Å²) < 4.78 is 0. The molecule has 0 aromatic heterocycles. The van der Waals surface area contributed by atoms with E-state index in [-0.39, 0.29) is 30.7 Å². The first kappa shape index (κ1) is 20.2. The van der Waals surface area contributed by atoms with Crippen LogP contribution < -0.4 is 11.1 Å². The number of benzene rings is 1. The molecule has 0 saturated carbocycles. The number of amides is 1. The molecule has 1 aliphatic rings. The van der Waals surface area contributed by atoms with Crippen LogP contribution in [0.15, 0.2) is 24.3 Å². The number of carbonyl (C=O) groups excluding carboxylic acids is 1. The molecule has 1 fully saturated rings. The van der Waals surface area contributed by atoms with Crippen LogP contribution in [0.2, 0.25) is 0 Å². The highest BCUT2D eigenvalue weighted by molar-refractivity contribution is 5.85. The zero-order valence-corrected chi connectivity index (χ0v) is 14.0. The van der Waals surface area contributed by atoms with Crippen LogP contribution in [0.5, 0.6) is 0 Å². The van der Waals surface area contributed by atoms with Crippen molar-refractivity contribution in [2.24, 2.45) is 5.73 Å². The van der Waals surface area contributed by atoms with Crippen LogP contribution in [0.4, 0.5) is 0 Å². The molecule has 1 aromatic carbocycles. The van der Waals surface area contributed by atoms with Crippen molar-refractivity contribution in [3.8, 4) is 0 Å². The van der Waals surface area contributed by atoms with Gasteiger partial charge in [-0.05, 0) is 30.5 Å². The van der Waals surface area contributed by atoms with Gasteiger partial charge in [-0.15, -0.1) is 24.8 Å². The summed E-state index contributed by atoms with van der Waals surface area (Å²) in [6.07, 6.45) is 1.99. The molecule has 1 atom stereocenters. The minimum Gasteiger partial charge on any atom is -0.352 e. The summed E-state index contributed by atoms with van der Waals surface area (Å²) in [5.41, 5.74) is 8.16. The Morgan fingerprint density at radius 2 is 1.90 bits per heavy atom. The van der Waals surface area contributed by atoms with Crippen molar-refractivity contribution in [1.82, 2.24) is 10.2 Å². The summed E-state index contributed by atoms with van der Waals surface area (Å²) in [6, 6.07) is 8.98. The number of nitrogens with one attached hydrogen (secondary N) is 1. The third-order valence-electron chi connectivity index (χ3n) is 3.54. The van der Waals surface area contributed by atoms with Gasteiger partial charge in [-0.1, -0.05) is 24.3 Å². The van der Waals surface area contributed by atoms with Gasteiger partial charge < -0.3 is 11.1 Å². The molecular formula is C15H25Cl2N3O. The normalized spacial score (nSPS) is 17.7. The summed E-state index contributed by atoms with van der Waals surface area (Å²) in [5, 5.41) is 2.99. The first-order chi connectivity index (χ1) is 9.17. The van der Waals surface area contributed by atoms with E-state index in [9.17, 15) is 4.79 Å². The fourth-order valence-electron chi connectivity index (χ4n) is 2.62. The monoisotopic (exact) mass is 333 g/mol. The van der Waals surface area contributed by atoms with Gasteiger partial charge in [0.15, 0.2) is 0 Å². The van der Waals surface area contributed by atoms with Crippen LogP contribution in [0, 0.1) is 0 Å². The maximum atomic E-state index is 11.0. The third-order valence-corrected chi connectivity index (χ3v) is 3.54. The molecule has 1 saturated heterocycles. The number of rotatable bonds is 5. The molecule has 21 heavy (non-hydrogen) atoms. The molecule has 0 aliphatic carbocycles. The van der Waals surface area contributed by atoms with Crippen LogP contribution in [-0.4, -0.2) is 36.5 Å². The van der Waals surface area contributed by atoms with Gasteiger partial charge in [-0.25, -0.2) is 0 Å². The van der Waals surface area contributed by atoms with E-state index in [4.69, 9.17) is 5.73 Å². The van der Waals surface area contributed by atoms with Crippen LogP contribution in [-0.2, 0) is 17.8 Å². The number of hydrogen-bond donors (Lipinski definition) is 2. The number of nitrogens with two attached hydrogens (primary N) is 1. The fraction of sp³-hybridized carbons (Fsp3) is 0.533. The second-order valence-electron chi connectivity index (χ2n) is 5.28. The SMILES string of the molecule is CC(=O)NC1CCN(Cc2ccc(CCN)cc2)C1.Cl.Cl. The lowest BCUT2D eigenvalue weighted by molar-refractivity contribution is -0.119. The summed E-state index contributed by atoms with van der Waals surface area (Å²) in [5.74, 6) is 0.0676. The minimum absolute atomic E-state index is 0. The van der Waals surface area contributed by atoms with Crippen molar-refractivity contribution in [3.63, 3.8) is 0 Å². The molecule has 1 unspecified atom stereocenters. The van der Waals surface area contributed by atoms with E-state index in [2.05, 4.69) is 34.5 Å². The molecule has 0 bridgehead atoms. The second kappa shape index (κ2) is 10.0. The van der Waals surface area contributed by atoms with Gasteiger partial charge in [0, 0.05) is 32.6 Å². The highest BCUT2D eigenvalue weighted by atomic mass is 35.5. The standard InChI is InChI=1S/C15H23N3O.2ClH/c1-12(19)17-15-7-9-18(11-15)10-14-4-2-13(3-5-14)6-8-16;;/h2-5,15H,6-11,16H2,1H3,(H,17,19);2*1H. The van der Waals surface area contributed by atoms with Crippen molar-refractivity contribution in [3.05, 3.63) is 35.4 Å². The van der Waals surface area contributed by atoms with E-state index in [1.165, 1.54) is 11.1 Å². The molecule has 1 aliphatic heterocycles. The molecule has 1 aromatic rings.